The Morgan fingerprint density at radius 2 is 2.00 bits per heavy atom. The van der Waals surface area contributed by atoms with Gasteiger partial charge in [-0.05, 0) is 43.0 Å². The summed E-state index contributed by atoms with van der Waals surface area (Å²) < 4.78 is 0. The Bertz CT molecular complexity index is 273. The van der Waals surface area contributed by atoms with Crippen molar-refractivity contribution < 1.29 is 5.11 Å². The molecule has 2 heteroatoms. The molecule has 1 nitrogen and oxygen atoms in total. The van der Waals surface area contributed by atoms with E-state index in [1.165, 1.54) is 43.4 Å². The molecular weight excluding hydrogens is 216 g/mol. The lowest BCUT2D eigenvalue weighted by Gasteiger charge is -2.20. The summed E-state index contributed by atoms with van der Waals surface area (Å²) in [5, 5.41) is 12.3. The van der Waals surface area contributed by atoms with Crippen molar-refractivity contribution in [3.63, 3.8) is 0 Å². The number of aliphatic hydroxyl groups excluding tert-OH is 1. The second-order valence-electron chi connectivity index (χ2n) is 4.94. The second kappa shape index (κ2) is 6.41. The van der Waals surface area contributed by atoms with Crippen molar-refractivity contribution in [2.24, 2.45) is 5.92 Å². The molecule has 2 rings (SSSR count). The molecule has 90 valence electrons. The number of hydrogen-bond donors (Lipinski definition) is 1. The van der Waals surface area contributed by atoms with Crippen LogP contribution in [0.15, 0.2) is 17.5 Å². The monoisotopic (exact) mass is 238 g/mol. The largest absolute Gasteiger partial charge is 0.393 e. The van der Waals surface area contributed by atoms with Crippen LogP contribution in [0.25, 0.3) is 0 Å². The fourth-order valence-electron chi connectivity index (χ4n) is 2.68. The SMILES string of the molecule is OC(CCc1cccs1)C1CCCCCC1. The van der Waals surface area contributed by atoms with Crippen LogP contribution in [0.2, 0.25) is 0 Å². The van der Waals surface area contributed by atoms with Crippen LogP contribution >= 0.6 is 11.3 Å². The van der Waals surface area contributed by atoms with Gasteiger partial charge in [-0.15, -0.1) is 11.3 Å². The maximum Gasteiger partial charge on any atom is 0.0571 e. The smallest absolute Gasteiger partial charge is 0.0571 e. The van der Waals surface area contributed by atoms with Crippen molar-refractivity contribution in [1.82, 2.24) is 0 Å². The highest BCUT2D eigenvalue weighted by Crippen LogP contribution is 2.27. The minimum absolute atomic E-state index is 0.0693. The van der Waals surface area contributed by atoms with Gasteiger partial charge in [0, 0.05) is 4.88 Å². The maximum atomic E-state index is 10.2. The topological polar surface area (TPSA) is 20.2 Å². The molecule has 1 fully saturated rings. The van der Waals surface area contributed by atoms with Crippen LogP contribution in [-0.4, -0.2) is 11.2 Å². The molecule has 1 unspecified atom stereocenters. The zero-order valence-corrected chi connectivity index (χ0v) is 10.7. The molecule has 0 radical (unpaired) electrons. The standard InChI is InChI=1S/C14H22OS/c15-14(10-9-13-8-5-11-16-13)12-6-3-1-2-4-7-12/h5,8,11-12,14-15H,1-4,6-7,9-10H2. The molecular formula is C14H22OS. The van der Waals surface area contributed by atoms with E-state index in [-0.39, 0.29) is 6.10 Å². The van der Waals surface area contributed by atoms with Gasteiger partial charge in [0.15, 0.2) is 0 Å². The highest BCUT2D eigenvalue weighted by atomic mass is 32.1. The molecule has 0 aliphatic heterocycles. The molecule has 16 heavy (non-hydrogen) atoms. The predicted octanol–water partition coefficient (Wildman–Crippen LogP) is 4.01. The number of thiophene rings is 1. The molecule has 1 atom stereocenters. The quantitative estimate of drug-likeness (QED) is 0.786. The average molecular weight is 238 g/mol. The third kappa shape index (κ3) is 3.60. The van der Waals surface area contributed by atoms with Crippen molar-refractivity contribution in [1.29, 1.82) is 0 Å². The van der Waals surface area contributed by atoms with Crippen LogP contribution in [0, 0.1) is 5.92 Å². The first-order valence-corrected chi connectivity index (χ1v) is 7.44. The summed E-state index contributed by atoms with van der Waals surface area (Å²) in [5.74, 6) is 0.572. The summed E-state index contributed by atoms with van der Waals surface area (Å²) in [4.78, 5) is 1.41. The summed E-state index contributed by atoms with van der Waals surface area (Å²) in [5.41, 5.74) is 0. The van der Waals surface area contributed by atoms with Gasteiger partial charge < -0.3 is 5.11 Å². The average Bonchev–Trinajstić information content (AvgIpc) is 2.66. The van der Waals surface area contributed by atoms with E-state index in [9.17, 15) is 5.11 Å². The fourth-order valence-corrected chi connectivity index (χ4v) is 3.40. The molecule has 1 aromatic rings. The van der Waals surface area contributed by atoms with Crippen LogP contribution in [0.1, 0.15) is 49.8 Å². The Morgan fingerprint density at radius 3 is 2.62 bits per heavy atom. The van der Waals surface area contributed by atoms with Crippen molar-refractivity contribution in [3.05, 3.63) is 22.4 Å². The zero-order chi connectivity index (χ0) is 11.2. The van der Waals surface area contributed by atoms with Gasteiger partial charge in [-0.3, -0.25) is 0 Å². The summed E-state index contributed by atoms with van der Waals surface area (Å²) in [7, 11) is 0. The van der Waals surface area contributed by atoms with Crippen LogP contribution in [0.4, 0.5) is 0 Å². The van der Waals surface area contributed by atoms with Crippen LogP contribution in [-0.2, 0) is 6.42 Å². The summed E-state index contributed by atoms with van der Waals surface area (Å²) in [6.07, 6.45) is 9.79. The Balaban J connectivity index is 1.75. The van der Waals surface area contributed by atoms with Crippen molar-refractivity contribution in [2.45, 2.75) is 57.5 Å². The third-order valence-electron chi connectivity index (χ3n) is 3.71. The van der Waals surface area contributed by atoms with E-state index in [0.29, 0.717) is 5.92 Å². The molecule has 1 aliphatic carbocycles. The normalized spacial score (nSPS) is 20.6. The van der Waals surface area contributed by atoms with Crippen molar-refractivity contribution >= 4 is 11.3 Å². The molecule has 0 spiro atoms. The first kappa shape index (κ1) is 12.1. The van der Waals surface area contributed by atoms with Gasteiger partial charge in [0.25, 0.3) is 0 Å². The predicted molar refractivity (Wildman–Crippen MR) is 69.8 cm³/mol. The minimum atomic E-state index is -0.0693. The molecule has 1 aromatic heterocycles. The summed E-state index contributed by atoms with van der Waals surface area (Å²) in [6, 6.07) is 4.27. The van der Waals surface area contributed by atoms with E-state index < -0.39 is 0 Å². The lowest BCUT2D eigenvalue weighted by atomic mass is 9.91. The highest BCUT2D eigenvalue weighted by molar-refractivity contribution is 7.09. The van der Waals surface area contributed by atoms with E-state index in [1.807, 2.05) is 0 Å². The first-order valence-electron chi connectivity index (χ1n) is 6.56. The second-order valence-corrected chi connectivity index (χ2v) is 5.97. The van der Waals surface area contributed by atoms with Crippen molar-refractivity contribution in [3.8, 4) is 0 Å². The van der Waals surface area contributed by atoms with E-state index >= 15 is 0 Å². The van der Waals surface area contributed by atoms with Crippen LogP contribution in [0.3, 0.4) is 0 Å². The summed E-state index contributed by atoms with van der Waals surface area (Å²) >= 11 is 1.80. The molecule has 1 aliphatic rings. The Morgan fingerprint density at radius 1 is 1.25 bits per heavy atom. The van der Waals surface area contributed by atoms with Gasteiger partial charge in [-0.2, -0.15) is 0 Å². The number of aryl methyl sites for hydroxylation is 1. The zero-order valence-electron chi connectivity index (χ0n) is 9.90. The van der Waals surface area contributed by atoms with Gasteiger partial charge >= 0.3 is 0 Å². The van der Waals surface area contributed by atoms with Crippen molar-refractivity contribution in [2.75, 3.05) is 0 Å². The molecule has 0 saturated heterocycles. The molecule has 1 N–H and O–H groups in total. The van der Waals surface area contributed by atoms with Crippen LogP contribution < -0.4 is 0 Å². The van der Waals surface area contributed by atoms with Gasteiger partial charge in [-0.1, -0.05) is 31.7 Å². The minimum Gasteiger partial charge on any atom is -0.393 e. The Labute approximate surface area is 103 Å². The maximum absolute atomic E-state index is 10.2. The first-order chi connectivity index (χ1) is 7.86. The molecule has 0 bridgehead atoms. The molecule has 1 saturated carbocycles. The van der Waals surface area contributed by atoms with Gasteiger partial charge in [0.2, 0.25) is 0 Å². The van der Waals surface area contributed by atoms with Gasteiger partial charge in [0.05, 0.1) is 6.10 Å². The van der Waals surface area contributed by atoms with Gasteiger partial charge in [-0.25, -0.2) is 0 Å². The molecule has 0 aromatic carbocycles. The van der Waals surface area contributed by atoms with E-state index in [4.69, 9.17) is 0 Å². The number of aliphatic hydroxyl groups is 1. The molecule has 0 amide bonds. The third-order valence-corrected chi connectivity index (χ3v) is 4.65. The molecule has 1 heterocycles. The van der Waals surface area contributed by atoms with Gasteiger partial charge in [0.1, 0.15) is 0 Å². The number of hydrogen-bond acceptors (Lipinski definition) is 2. The lowest BCUT2D eigenvalue weighted by molar-refractivity contribution is 0.0906. The lowest BCUT2D eigenvalue weighted by Crippen LogP contribution is -2.20. The number of rotatable bonds is 4. The van der Waals surface area contributed by atoms with E-state index in [0.717, 1.165) is 12.8 Å². The van der Waals surface area contributed by atoms with Crippen LogP contribution in [0.5, 0.6) is 0 Å². The summed E-state index contributed by atoms with van der Waals surface area (Å²) in [6.45, 7) is 0. The highest BCUT2D eigenvalue weighted by Gasteiger charge is 2.20. The van der Waals surface area contributed by atoms with E-state index in [1.54, 1.807) is 11.3 Å². The van der Waals surface area contributed by atoms with E-state index in [2.05, 4.69) is 17.5 Å². The Kier molecular flexibility index (Phi) is 4.86. The fraction of sp³-hybridized carbons (Fsp3) is 0.714. The Hall–Kier alpha value is -0.340.